The number of aromatic nitrogens is 1. The van der Waals surface area contributed by atoms with Gasteiger partial charge in [-0.15, -0.1) is 11.3 Å². The van der Waals surface area contributed by atoms with E-state index in [0.29, 0.717) is 6.61 Å². The molecule has 0 aliphatic heterocycles. The Morgan fingerprint density at radius 1 is 0.938 bits per heavy atom. The summed E-state index contributed by atoms with van der Waals surface area (Å²) in [6.07, 6.45) is 0.437. The molecular weight excluding hydrogens is 420 g/mol. The van der Waals surface area contributed by atoms with Crippen molar-refractivity contribution in [1.82, 2.24) is 10.3 Å². The van der Waals surface area contributed by atoms with E-state index in [1.807, 2.05) is 61.5 Å². The number of nitrogens with zero attached hydrogens (tertiary/aromatic N) is 1. The largest absolute Gasteiger partial charge is 0.494 e. The average Bonchev–Trinajstić information content (AvgIpc) is 3.21. The van der Waals surface area contributed by atoms with Crippen molar-refractivity contribution >= 4 is 33.2 Å². The Labute approximate surface area is 191 Å². The van der Waals surface area contributed by atoms with Gasteiger partial charge in [0.1, 0.15) is 10.8 Å². The number of hydrogen-bond donors (Lipinski definition) is 1. The molecule has 0 fully saturated rings. The second-order valence-corrected chi connectivity index (χ2v) is 8.52. The van der Waals surface area contributed by atoms with Crippen molar-refractivity contribution in [3.63, 3.8) is 0 Å². The number of ketones is 1. The summed E-state index contributed by atoms with van der Waals surface area (Å²) in [5.74, 6) is 0.537. The zero-order valence-electron chi connectivity index (χ0n) is 17.8. The van der Waals surface area contributed by atoms with Gasteiger partial charge in [-0.1, -0.05) is 48.5 Å². The van der Waals surface area contributed by atoms with E-state index in [1.54, 1.807) is 0 Å². The van der Waals surface area contributed by atoms with Crippen LogP contribution in [0.3, 0.4) is 0 Å². The number of carbonyl (C=O) groups is 2. The molecule has 0 atom stereocenters. The van der Waals surface area contributed by atoms with Gasteiger partial charge in [0, 0.05) is 6.42 Å². The first-order valence-corrected chi connectivity index (χ1v) is 11.4. The van der Waals surface area contributed by atoms with Gasteiger partial charge >= 0.3 is 0 Å². The monoisotopic (exact) mass is 444 g/mol. The molecule has 3 aromatic carbocycles. The van der Waals surface area contributed by atoms with Crippen LogP contribution in [0.5, 0.6) is 5.75 Å². The van der Waals surface area contributed by atoms with Gasteiger partial charge < -0.3 is 10.1 Å². The molecule has 1 N–H and O–H groups in total. The molecule has 0 unspecified atom stereocenters. The molecule has 1 heterocycles. The third-order valence-corrected chi connectivity index (χ3v) is 5.99. The van der Waals surface area contributed by atoms with Crippen molar-refractivity contribution in [3.05, 3.63) is 83.4 Å². The maximum Gasteiger partial charge on any atom is 0.227 e. The standard InChI is InChI=1S/C26H24N2O3S/c1-2-31-22-11-8-18(9-12-22)14-21(29)17-27-25(30)16-26-28-23-13-10-20(15-24(23)32-26)19-6-4-3-5-7-19/h3-13,15H,2,14,16-17H2,1H3,(H,27,30). The lowest BCUT2D eigenvalue weighted by Crippen LogP contribution is -2.31. The number of amides is 1. The minimum Gasteiger partial charge on any atom is -0.494 e. The first-order chi connectivity index (χ1) is 15.6. The Morgan fingerprint density at radius 2 is 1.72 bits per heavy atom. The highest BCUT2D eigenvalue weighted by Gasteiger charge is 2.12. The highest BCUT2D eigenvalue weighted by atomic mass is 32.1. The van der Waals surface area contributed by atoms with Gasteiger partial charge in [-0.25, -0.2) is 4.98 Å². The molecule has 4 rings (SSSR count). The molecule has 1 amide bonds. The number of carbonyl (C=O) groups excluding carboxylic acids is 2. The Morgan fingerprint density at radius 3 is 2.47 bits per heavy atom. The smallest absolute Gasteiger partial charge is 0.227 e. The van der Waals surface area contributed by atoms with E-state index in [4.69, 9.17) is 4.74 Å². The van der Waals surface area contributed by atoms with Crippen molar-refractivity contribution in [2.24, 2.45) is 0 Å². The highest BCUT2D eigenvalue weighted by Crippen LogP contribution is 2.28. The molecule has 6 heteroatoms. The molecule has 0 bridgehead atoms. The van der Waals surface area contributed by atoms with Crippen molar-refractivity contribution in [2.75, 3.05) is 13.2 Å². The van der Waals surface area contributed by atoms with Crippen LogP contribution < -0.4 is 10.1 Å². The van der Waals surface area contributed by atoms with Gasteiger partial charge in [0.05, 0.1) is 29.8 Å². The number of rotatable bonds is 9. The summed E-state index contributed by atoms with van der Waals surface area (Å²) in [6, 6.07) is 23.7. The van der Waals surface area contributed by atoms with Crippen LogP contribution in [0.25, 0.3) is 21.3 Å². The lowest BCUT2D eigenvalue weighted by Gasteiger charge is -2.06. The Bertz CT molecular complexity index is 1220. The van der Waals surface area contributed by atoms with Crippen LogP contribution in [0.15, 0.2) is 72.8 Å². The summed E-state index contributed by atoms with van der Waals surface area (Å²) in [6.45, 7) is 2.54. The number of hydrogen-bond acceptors (Lipinski definition) is 5. The Hall–Kier alpha value is -3.51. The van der Waals surface area contributed by atoms with Crippen LogP contribution in [-0.2, 0) is 22.4 Å². The van der Waals surface area contributed by atoms with E-state index in [-0.39, 0.29) is 31.1 Å². The lowest BCUT2D eigenvalue weighted by atomic mass is 10.1. The number of ether oxygens (including phenoxy) is 1. The quantitative estimate of drug-likeness (QED) is 0.401. The van der Waals surface area contributed by atoms with E-state index in [1.165, 1.54) is 11.3 Å². The maximum absolute atomic E-state index is 12.3. The summed E-state index contributed by atoms with van der Waals surface area (Å²) in [5, 5.41) is 3.46. The normalized spacial score (nSPS) is 10.8. The minimum atomic E-state index is -0.201. The van der Waals surface area contributed by atoms with Crippen LogP contribution >= 0.6 is 11.3 Å². The third-order valence-electron chi connectivity index (χ3n) is 4.97. The lowest BCUT2D eigenvalue weighted by molar-refractivity contribution is -0.124. The number of benzene rings is 3. The van der Waals surface area contributed by atoms with E-state index in [2.05, 4.69) is 28.5 Å². The summed E-state index contributed by atoms with van der Waals surface area (Å²) < 4.78 is 6.45. The number of fused-ring (bicyclic) bond motifs is 1. The molecule has 0 radical (unpaired) electrons. The van der Waals surface area contributed by atoms with Gasteiger partial charge in [0.2, 0.25) is 5.91 Å². The highest BCUT2D eigenvalue weighted by molar-refractivity contribution is 7.18. The maximum atomic E-state index is 12.3. The van der Waals surface area contributed by atoms with Gasteiger partial charge in [-0.05, 0) is 47.9 Å². The summed E-state index contributed by atoms with van der Waals surface area (Å²) in [5.41, 5.74) is 4.04. The van der Waals surface area contributed by atoms with Crippen LogP contribution in [0.2, 0.25) is 0 Å². The predicted octanol–water partition coefficient (Wildman–Crippen LogP) is 4.83. The van der Waals surface area contributed by atoms with Crippen LogP contribution in [0, 0.1) is 0 Å². The van der Waals surface area contributed by atoms with Gasteiger partial charge in [0.25, 0.3) is 0 Å². The molecule has 0 aliphatic carbocycles. The van der Waals surface area contributed by atoms with Gasteiger partial charge in [-0.3, -0.25) is 9.59 Å². The first-order valence-electron chi connectivity index (χ1n) is 10.6. The van der Waals surface area contributed by atoms with Crippen LogP contribution in [0.1, 0.15) is 17.5 Å². The fourth-order valence-electron chi connectivity index (χ4n) is 3.42. The molecule has 0 saturated carbocycles. The minimum absolute atomic E-state index is 0.00902. The second-order valence-electron chi connectivity index (χ2n) is 7.40. The molecule has 5 nitrogen and oxygen atoms in total. The zero-order chi connectivity index (χ0) is 22.3. The number of nitrogens with one attached hydrogen (secondary N) is 1. The second kappa shape index (κ2) is 10.2. The van der Waals surface area contributed by atoms with Gasteiger partial charge in [0.15, 0.2) is 5.78 Å². The SMILES string of the molecule is CCOc1ccc(CC(=O)CNC(=O)Cc2nc3ccc(-c4ccccc4)cc3s2)cc1. The summed E-state index contributed by atoms with van der Waals surface area (Å²) in [4.78, 5) is 29.1. The predicted molar refractivity (Wildman–Crippen MR) is 128 cm³/mol. The molecule has 1 aromatic heterocycles. The van der Waals surface area contributed by atoms with Gasteiger partial charge in [-0.2, -0.15) is 0 Å². The summed E-state index contributed by atoms with van der Waals surface area (Å²) in [7, 11) is 0. The number of Topliss-reactive ketones (excluding diaryl/α,β-unsaturated/α-hetero) is 1. The first kappa shape index (κ1) is 21.7. The molecule has 162 valence electrons. The zero-order valence-corrected chi connectivity index (χ0v) is 18.7. The Balaban J connectivity index is 1.31. The fourth-order valence-corrected chi connectivity index (χ4v) is 4.42. The number of thiazole rings is 1. The molecule has 0 aliphatic rings. The van der Waals surface area contributed by atoms with Crippen molar-refractivity contribution in [2.45, 2.75) is 19.8 Å². The summed E-state index contributed by atoms with van der Waals surface area (Å²) >= 11 is 1.51. The molecule has 0 spiro atoms. The van der Waals surface area contributed by atoms with Crippen molar-refractivity contribution in [3.8, 4) is 16.9 Å². The molecule has 4 aromatic rings. The molecular formula is C26H24N2O3S. The Kier molecular flexibility index (Phi) is 6.92. The van der Waals surface area contributed by atoms with E-state index in [0.717, 1.165) is 37.7 Å². The van der Waals surface area contributed by atoms with E-state index in [9.17, 15) is 9.59 Å². The van der Waals surface area contributed by atoms with Crippen LogP contribution in [-0.4, -0.2) is 29.8 Å². The fraction of sp³-hybridized carbons (Fsp3) is 0.192. The topological polar surface area (TPSA) is 68.3 Å². The van der Waals surface area contributed by atoms with E-state index < -0.39 is 0 Å². The molecule has 0 saturated heterocycles. The van der Waals surface area contributed by atoms with Crippen LogP contribution in [0.4, 0.5) is 0 Å². The van der Waals surface area contributed by atoms with E-state index >= 15 is 0 Å². The van der Waals surface area contributed by atoms with Crippen molar-refractivity contribution in [1.29, 1.82) is 0 Å². The third kappa shape index (κ3) is 5.59. The van der Waals surface area contributed by atoms with Crippen molar-refractivity contribution < 1.29 is 14.3 Å². The molecule has 32 heavy (non-hydrogen) atoms. The average molecular weight is 445 g/mol.